The largest absolute Gasteiger partial charge is 0.298 e. The fourth-order valence-electron chi connectivity index (χ4n) is 1.31. The Bertz CT molecular complexity index is 465. The number of amides is 1. The minimum atomic E-state index is -0.149. The Kier molecular flexibility index (Phi) is 10.4. The van der Waals surface area contributed by atoms with Gasteiger partial charge in [0, 0.05) is 8.42 Å². The van der Waals surface area contributed by atoms with E-state index in [2.05, 4.69) is 10.9 Å². The molecule has 0 fully saturated rings. The van der Waals surface area contributed by atoms with E-state index < -0.39 is 0 Å². The number of rotatable bonds is 3. The van der Waals surface area contributed by atoms with Gasteiger partial charge in [0.25, 0.3) is 5.91 Å². The normalized spacial score (nSPS) is 8.20. The van der Waals surface area contributed by atoms with Crippen LogP contribution in [0.25, 0.3) is 0 Å². The van der Waals surface area contributed by atoms with Gasteiger partial charge >= 0.3 is 0 Å². The first-order valence-corrected chi connectivity index (χ1v) is 7.03. The smallest absolute Gasteiger partial charge is 0.269 e. The molecule has 1 amide bonds. The molecule has 3 nitrogen and oxygen atoms in total. The summed E-state index contributed by atoms with van der Waals surface area (Å²) in [5, 5.41) is 0. The van der Waals surface area contributed by atoms with Crippen molar-refractivity contribution in [1.29, 1.82) is 0 Å². The highest BCUT2D eigenvalue weighted by molar-refractivity contribution is 5.94. The molecule has 2 rings (SSSR count). The molecule has 112 valence electrons. The van der Waals surface area contributed by atoms with Crippen molar-refractivity contribution in [2.24, 2.45) is 0 Å². The maximum absolute atomic E-state index is 11.6. The van der Waals surface area contributed by atoms with Crippen LogP contribution in [0.2, 0.25) is 0 Å². The molecular weight excluding hydrogens is 248 g/mol. The van der Waals surface area contributed by atoms with Crippen LogP contribution < -0.4 is 10.9 Å². The summed E-state index contributed by atoms with van der Waals surface area (Å²) in [5.74, 6) is -0.149. The van der Waals surface area contributed by atoms with Gasteiger partial charge in [-0.3, -0.25) is 15.6 Å². The monoisotopic (exact) mass is 276 g/mol. The van der Waals surface area contributed by atoms with Gasteiger partial charge in [-0.25, -0.2) is 0 Å². The van der Waals surface area contributed by atoms with Crippen LogP contribution in [0.4, 0.5) is 5.69 Å². The molecule has 0 saturated heterocycles. The Morgan fingerprint density at radius 1 is 0.800 bits per heavy atom. The maximum Gasteiger partial charge on any atom is 0.269 e. The minimum Gasteiger partial charge on any atom is -0.298 e. The first-order valence-electron chi connectivity index (χ1n) is 7.03. The average molecular weight is 276 g/mol. The highest BCUT2D eigenvalue weighted by Crippen LogP contribution is 2.03. The van der Waals surface area contributed by atoms with Crippen LogP contribution >= 0.6 is 0 Å². The molecule has 2 aromatic rings. The Morgan fingerprint density at radius 2 is 1.25 bits per heavy atom. The zero-order chi connectivity index (χ0) is 15.2. The van der Waals surface area contributed by atoms with E-state index in [1.807, 2.05) is 76.2 Å². The predicted molar refractivity (Wildman–Crippen MR) is 90.9 cm³/mol. The van der Waals surface area contributed by atoms with Gasteiger partial charge in [0.2, 0.25) is 0 Å². The lowest BCUT2D eigenvalue weighted by Crippen LogP contribution is -2.29. The van der Waals surface area contributed by atoms with Gasteiger partial charge < -0.3 is 0 Å². The van der Waals surface area contributed by atoms with E-state index in [1.54, 1.807) is 12.1 Å². The van der Waals surface area contributed by atoms with E-state index >= 15 is 0 Å². The highest BCUT2D eigenvalue weighted by Gasteiger charge is 2.02. The number of hydrogen-bond acceptors (Lipinski definition) is 2. The number of nitrogens with one attached hydrogen (secondary N) is 2. The van der Waals surface area contributed by atoms with Crippen LogP contribution in [0.5, 0.6) is 0 Å². The van der Waals surface area contributed by atoms with Crippen LogP contribution in [0.3, 0.4) is 0 Å². The lowest BCUT2D eigenvalue weighted by atomic mass is 10.2. The number of carbonyl (C=O) groups excluding carboxylic acids is 1. The zero-order valence-corrected chi connectivity index (χ0v) is 12.7. The second-order valence-electron chi connectivity index (χ2n) is 3.31. The molecule has 0 unspecified atom stereocenters. The van der Waals surface area contributed by atoms with Crippen molar-refractivity contribution in [3.63, 3.8) is 0 Å². The first-order chi connectivity index (χ1) is 9.86. The zero-order valence-electron chi connectivity index (χ0n) is 12.7. The summed E-state index contributed by atoms with van der Waals surface area (Å²) in [5.41, 5.74) is 6.95. The average Bonchev–Trinajstić information content (AvgIpc) is 2.58. The van der Waals surface area contributed by atoms with Gasteiger partial charge in [0.15, 0.2) is 0 Å². The fraction of sp³-hybridized carbons (Fsp3) is 0.235. The molecular formula is C17H28N2O. The van der Waals surface area contributed by atoms with E-state index in [0.717, 1.165) is 5.69 Å². The first kappa shape index (κ1) is 17.7. The van der Waals surface area contributed by atoms with Crippen molar-refractivity contribution in [3.05, 3.63) is 66.2 Å². The number of benzene rings is 2. The second-order valence-corrected chi connectivity index (χ2v) is 3.31. The summed E-state index contributed by atoms with van der Waals surface area (Å²) in [6.07, 6.45) is 0. The van der Waals surface area contributed by atoms with Crippen LogP contribution in [0.1, 0.15) is 40.9 Å². The fourth-order valence-corrected chi connectivity index (χ4v) is 1.31. The number of anilines is 1. The number of carbonyl (C=O) groups is 1. The SMILES string of the molecule is CC.CC.O=C(NNc1ccccc1)c1ccccc1.[HH].[HH]. The highest BCUT2D eigenvalue weighted by atomic mass is 16.2. The summed E-state index contributed by atoms with van der Waals surface area (Å²) < 4.78 is 0. The van der Waals surface area contributed by atoms with E-state index in [-0.39, 0.29) is 8.76 Å². The molecule has 0 aliphatic carbocycles. The quantitative estimate of drug-likeness (QED) is 0.776. The van der Waals surface area contributed by atoms with Crippen molar-refractivity contribution in [3.8, 4) is 0 Å². The lowest BCUT2D eigenvalue weighted by molar-refractivity contribution is 0.0962. The number of para-hydroxylation sites is 1. The molecule has 0 spiro atoms. The van der Waals surface area contributed by atoms with E-state index in [4.69, 9.17) is 0 Å². The third kappa shape index (κ3) is 6.59. The molecule has 3 heteroatoms. The standard InChI is InChI=1S/C13H12N2O.2C2H6.2H2/c16-13(11-7-3-1-4-8-11)15-14-12-9-5-2-6-10-12;2*1-2;;/h1-10,14H,(H,15,16);2*1-2H3;2*1H. The Hall–Kier alpha value is -2.29. The molecule has 0 aromatic heterocycles. The lowest BCUT2D eigenvalue weighted by Gasteiger charge is -2.07. The predicted octanol–water partition coefficient (Wildman–Crippen LogP) is 4.99. The summed E-state index contributed by atoms with van der Waals surface area (Å²) in [6, 6.07) is 18.6. The van der Waals surface area contributed by atoms with Crippen LogP contribution in [-0.4, -0.2) is 5.91 Å². The molecule has 0 aliphatic rings. The topological polar surface area (TPSA) is 41.1 Å². The third-order valence-corrected chi connectivity index (χ3v) is 2.13. The van der Waals surface area contributed by atoms with E-state index in [1.165, 1.54) is 0 Å². The summed E-state index contributed by atoms with van der Waals surface area (Å²) >= 11 is 0. The van der Waals surface area contributed by atoms with Crippen molar-refractivity contribution < 1.29 is 7.65 Å². The third-order valence-electron chi connectivity index (χ3n) is 2.13. The summed E-state index contributed by atoms with van der Waals surface area (Å²) in [6.45, 7) is 8.00. The van der Waals surface area contributed by atoms with Gasteiger partial charge in [-0.15, -0.1) is 0 Å². The van der Waals surface area contributed by atoms with E-state index in [0.29, 0.717) is 5.56 Å². The molecule has 0 bridgehead atoms. The van der Waals surface area contributed by atoms with E-state index in [9.17, 15) is 4.79 Å². The van der Waals surface area contributed by atoms with Crippen LogP contribution in [0, 0.1) is 0 Å². The van der Waals surface area contributed by atoms with Gasteiger partial charge in [0.05, 0.1) is 5.69 Å². The molecule has 0 atom stereocenters. The Balaban J connectivity index is -0.000000557. The minimum absolute atomic E-state index is 0. The summed E-state index contributed by atoms with van der Waals surface area (Å²) in [7, 11) is 0. The Labute approximate surface area is 125 Å². The van der Waals surface area contributed by atoms with Crippen molar-refractivity contribution >= 4 is 11.6 Å². The van der Waals surface area contributed by atoms with Crippen LogP contribution in [0.15, 0.2) is 60.7 Å². The second kappa shape index (κ2) is 11.8. The molecule has 0 radical (unpaired) electrons. The van der Waals surface area contributed by atoms with Gasteiger partial charge in [-0.05, 0) is 24.3 Å². The van der Waals surface area contributed by atoms with Crippen molar-refractivity contribution in [2.45, 2.75) is 27.7 Å². The van der Waals surface area contributed by atoms with Crippen molar-refractivity contribution in [2.75, 3.05) is 5.43 Å². The molecule has 0 saturated carbocycles. The molecule has 0 heterocycles. The molecule has 0 aliphatic heterocycles. The molecule has 2 aromatic carbocycles. The van der Waals surface area contributed by atoms with Gasteiger partial charge in [-0.1, -0.05) is 64.1 Å². The van der Waals surface area contributed by atoms with Gasteiger partial charge in [0.1, 0.15) is 0 Å². The van der Waals surface area contributed by atoms with Gasteiger partial charge in [-0.2, -0.15) is 0 Å². The van der Waals surface area contributed by atoms with Crippen LogP contribution in [-0.2, 0) is 0 Å². The number of hydrogen-bond donors (Lipinski definition) is 2. The maximum atomic E-state index is 11.6. The summed E-state index contributed by atoms with van der Waals surface area (Å²) in [4.78, 5) is 11.6. The van der Waals surface area contributed by atoms with Crippen molar-refractivity contribution in [1.82, 2.24) is 5.43 Å². The Morgan fingerprint density at radius 3 is 1.75 bits per heavy atom. The molecule has 20 heavy (non-hydrogen) atoms. The molecule has 2 N–H and O–H groups in total. The number of hydrazine groups is 1.